The Morgan fingerprint density at radius 2 is 1.80 bits per heavy atom. The quantitative estimate of drug-likeness (QED) is 0.321. The number of methoxy groups -OCH3 is 1. The molecule has 1 aromatic heterocycles. The van der Waals surface area contributed by atoms with Crippen molar-refractivity contribution in [3.05, 3.63) is 71.4 Å². The number of hydrogen-bond acceptors (Lipinski definition) is 4. The molecule has 0 unspecified atom stereocenters. The van der Waals surface area contributed by atoms with E-state index in [0.29, 0.717) is 26.3 Å². The maximum Gasteiger partial charge on any atom is 0.191 e. The van der Waals surface area contributed by atoms with Crippen LogP contribution in [0.3, 0.4) is 0 Å². The van der Waals surface area contributed by atoms with Crippen LogP contribution in [0.4, 0.5) is 0 Å². The highest BCUT2D eigenvalue weighted by Gasteiger charge is 2.07. The molecule has 158 valence electrons. The van der Waals surface area contributed by atoms with Crippen LogP contribution in [0, 0.1) is 6.92 Å². The number of aromatic nitrogens is 1. The predicted octanol–water partition coefficient (Wildman–Crippen LogP) is 3.82. The lowest BCUT2D eigenvalue weighted by molar-refractivity contribution is 0.171. The van der Waals surface area contributed by atoms with Crippen molar-refractivity contribution in [1.82, 2.24) is 15.6 Å². The van der Waals surface area contributed by atoms with Crippen molar-refractivity contribution in [1.29, 1.82) is 0 Å². The summed E-state index contributed by atoms with van der Waals surface area (Å²) in [6.45, 7) is 4.65. The Kier molecular flexibility index (Phi) is 8.03. The molecule has 3 rings (SSSR count). The number of aryl methyl sites for hydroxylation is 1. The Labute approximate surface area is 178 Å². The van der Waals surface area contributed by atoms with Gasteiger partial charge in [-0.1, -0.05) is 36.4 Å². The highest BCUT2D eigenvalue weighted by Crippen LogP contribution is 2.20. The van der Waals surface area contributed by atoms with Crippen LogP contribution >= 0.6 is 0 Å². The molecule has 3 aromatic rings. The van der Waals surface area contributed by atoms with Gasteiger partial charge in [-0.15, -0.1) is 0 Å². The number of hydrogen-bond donors (Lipinski definition) is 2. The average Bonchev–Trinajstić information content (AvgIpc) is 2.78. The summed E-state index contributed by atoms with van der Waals surface area (Å²) in [6.07, 6.45) is 2.68. The van der Waals surface area contributed by atoms with E-state index >= 15 is 0 Å². The van der Waals surface area contributed by atoms with E-state index in [2.05, 4.69) is 70.0 Å². The average molecular weight is 407 g/mol. The van der Waals surface area contributed by atoms with Crippen LogP contribution < -0.4 is 15.4 Å². The number of benzene rings is 2. The first-order valence-electron chi connectivity index (χ1n) is 10.2. The van der Waals surface area contributed by atoms with Gasteiger partial charge in [-0.25, -0.2) is 0 Å². The minimum atomic E-state index is 0.618. The third-order valence-electron chi connectivity index (χ3n) is 4.81. The molecular formula is C24H30N4O2. The van der Waals surface area contributed by atoms with Crippen LogP contribution in [-0.2, 0) is 17.8 Å². The van der Waals surface area contributed by atoms with Gasteiger partial charge in [-0.3, -0.25) is 9.98 Å². The van der Waals surface area contributed by atoms with Crippen molar-refractivity contribution in [2.24, 2.45) is 4.99 Å². The first-order valence-corrected chi connectivity index (χ1v) is 10.2. The van der Waals surface area contributed by atoms with Crippen molar-refractivity contribution in [3.8, 4) is 5.75 Å². The Morgan fingerprint density at radius 3 is 2.60 bits per heavy atom. The molecule has 2 aromatic carbocycles. The number of nitrogens with one attached hydrogen (secondary N) is 2. The lowest BCUT2D eigenvalue weighted by Crippen LogP contribution is -2.36. The van der Waals surface area contributed by atoms with Crippen LogP contribution in [0.2, 0.25) is 0 Å². The third-order valence-corrected chi connectivity index (χ3v) is 4.81. The summed E-state index contributed by atoms with van der Waals surface area (Å²) in [4.78, 5) is 8.86. The first-order chi connectivity index (χ1) is 14.7. The van der Waals surface area contributed by atoms with Crippen molar-refractivity contribution in [2.75, 3.05) is 27.4 Å². The standard InChI is InChI=1S/C24H30N4O2/c1-18-10-11-20(22(15-18)30-14-6-13-29-3)16-27-24(25-2)28-17-21-8-4-7-19-9-5-12-26-23(19)21/h4-5,7-12,15H,6,13-14,16-17H2,1-3H3,(H2,25,27,28). The topological polar surface area (TPSA) is 67.8 Å². The molecule has 0 aliphatic rings. The Balaban J connectivity index is 1.60. The smallest absolute Gasteiger partial charge is 0.191 e. The zero-order valence-corrected chi connectivity index (χ0v) is 17.9. The highest BCUT2D eigenvalue weighted by molar-refractivity contribution is 5.83. The van der Waals surface area contributed by atoms with Gasteiger partial charge in [0.05, 0.1) is 12.1 Å². The summed E-state index contributed by atoms with van der Waals surface area (Å²) >= 11 is 0. The van der Waals surface area contributed by atoms with Crippen LogP contribution in [0.1, 0.15) is 23.1 Å². The van der Waals surface area contributed by atoms with Crippen LogP contribution in [0.25, 0.3) is 10.9 Å². The largest absolute Gasteiger partial charge is 0.493 e. The molecule has 6 nitrogen and oxygen atoms in total. The number of ether oxygens (including phenoxy) is 2. The third kappa shape index (κ3) is 5.94. The summed E-state index contributed by atoms with van der Waals surface area (Å²) in [5.41, 5.74) is 4.40. The molecule has 0 fully saturated rings. The summed E-state index contributed by atoms with van der Waals surface area (Å²) in [7, 11) is 3.48. The SMILES string of the molecule is CN=C(NCc1ccc(C)cc1OCCCOC)NCc1cccc2cccnc12. The molecule has 1 heterocycles. The number of para-hydroxylation sites is 1. The zero-order chi connectivity index (χ0) is 21.2. The lowest BCUT2D eigenvalue weighted by atomic mass is 10.1. The molecule has 0 aliphatic carbocycles. The summed E-state index contributed by atoms with van der Waals surface area (Å²) < 4.78 is 11.1. The minimum Gasteiger partial charge on any atom is -0.493 e. The molecular weight excluding hydrogens is 376 g/mol. The summed E-state index contributed by atoms with van der Waals surface area (Å²) in [5, 5.41) is 7.89. The highest BCUT2D eigenvalue weighted by atomic mass is 16.5. The second kappa shape index (κ2) is 11.2. The van der Waals surface area contributed by atoms with Crippen molar-refractivity contribution in [3.63, 3.8) is 0 Å². The fraction of sp³-hybridized carbons (Fsp3) is 0.333. The number of fused-ring (bicyclic) bond motifs is 1. The molecule has 6 heteroatoms. The lowest BCUT2D eigenvalue weighted by Gasteiger charge is -2.16. The van der Waals surface area contributed by atoms with E-state index in [1.54, 1.807) is 14.2 Å². The van der Waals surface area contributed by atoms with Crippen LogP contribution in [0.5, 0.6) is 5.75 Å². The number of aliphatic imine (C=N–C) groups is 1. The van der Waals surface area contributed by atoms with E-state index in [-0.39, 0.29) is 0 Å². The number of nitrogens with zero attached hydrogens (tertiary/aromatic N) is 2. The van der Waals surface area contributed by atoms with Crippen molar-refractivity contribution >= 4 is 16.9 Å². The van der Waals surface area contributed by atoms with Gasteiger partial charge in [0.15, 0.2) is 5.96 Å². The molecule has 0 saturated heterocycles. The second-order valence-electron chi connectivity index (χ2n) is 7.08. The van der Waals surface area contributed by atoms with E-state index in [1.807, 2.05) is 12.3 Å². The Bertz CT molecular complexity index is 983. The second-order valence-corrected chi connectivity index (χ2v) is 7.08. The molecule has 0 aliphatic heterocycles. The van der Waals surface area contributed by atoms with E-state index < -0.39 is 0 Å². The van der Waals surface area contributed by atoms with Gasteiger partial charge in [0, 0.05) is 57.4 Å². The van der Waals surface area contributed by atoms with Crippen molar-refractivity contribution < 1.29 is 9.47 Å². The van der Waals surface area contributed by atoms with E-state index in [9.17, 15) is 0 Å². The van der Waals surface area contributed by atoms with Gasteiger partial charge in [-0.05, 0) is 30.2 Å². The molecule has 0 spiro atoms. The molecule has 0 atom stereocenters. The molecule has 0 bridgehead atoms. The van der Waals surface area contributed by atoms with Gasteiger partial charge in [-0.2, -0.15) is 0 Å². The van der Waals surface area contributed by atoms with Gasteiger partial charge in [0.2, 0.25) is 0 Å². The van der Waals surface area contributed by atoms with Crippen molar-refractivity contribution in [2.45, 2.75) is 26.4 Å². The number of rotatable bonds is 9. The number of pyridine rings is 1. The molecule has 30 heavy (non-hydrogen) atoms. The van der Waals surface area contributed by atoms with Gasteiger partial charge >= 0.3 is 0 Å². The summed E-state index contributed by atoms with van der Waals surface area (Å²) in [6, 6.07) is 16.5. The normalized spacial score (nSPS) is 11.5. The van der Waals surface area contributed by atoms with E-state index in [0.717, 1.165) is 40.2 Å². The maximum atomic E-state index is 5.97. The predicted molar refractivity (Wildman–Crippen MR) is 122 cm³/mol. The maximum absolute atomic E-state index is 5.97. The Hall–Kier alpha value is -3.12. The van der Waals surface area contributed by atoms with E-state index in [4.69, 9.17) is 9.47 Å². The molecule has 0 saturated carbocycles. The Morgan fingerprint density at radius 1 is 1.00 bits per heavy atom. The zero-order valence-electron chi connectivity index (χ0n) is 17.9. The first kappa shape index (κ1) is 21.6. The summed E-state index contributed by atoms with van der Waals surface area (Å²) in [5.74, 6) is 1.63. The monoisotopic (exact) mass is 406 g/mol. The fourth-order valence-electron chi connectivity index (χ4n) is 3.22. The molecule has 2 N–H and O–H groups in total. The minimum absolute atomic E-state index is 0.618. The van der Waals surface area contributed by atoms with Crippen LogP contribution in [-0.4, -0.2) is 38.3 Å². The van der Waals surface area contributed by atoms with E-state index in [1.165, 1.54) is 5.56 Å². The van der Waals surface area contributed by atoms with Gasteiger partial charge in [0.1, 0.15) is 5.75 Å². The molecule has 0 amide bonds. The molecule has 0 radical (unpaired) electrons. The van der Waals surface area contributed by atoms with Crippen LogP contribution in [0.15, 0.2) is 59.7 Å². The number of guanidine groups is 1. The van der Waals surface area contributed by atoms with Gasteiger partial charge < -0.3 is 20.1 Å². The fourth-order valence-corrected chi connectivity index (χ4v) is 3.22. The van der Waals surface area contributed by atoms with Gasteiger partial charge in [0.25, 0.3) is 0 Å².